The first-order valence-electron chi connectivity index (χ1n) is 10.7. The average Bonchev–Trinajstić information content (AvgIpc) is 3.00. The van der Waals surface area contributed by atoms with E-state index in [9.17, 15) is 14.0 Å². The molecule has 0 N–H and O–H groups in total. The zero-order valence-electron chi connectivity index (χ0n) is 18.3. The number of likely N-dealkylation sites (N-methyl/N-ethyl adjacent to an activating group) is 1. The van der Waals surface area contributed by atoms with Gasteiger partial charge in [0.2, 0.25) is 0 Å². The molecule has 0 spiro atoms. The minimum absolute atomic E-state index is 0.0789. The third kappa shape index (κ3) is 4.12. The molecule has 2 aliphatic heterocycles. The van der Waals surface area contributed by atoms with E-state index in [1.54, 1.807) is 18.2 Å². The van der Waals surface area contributed by atoms with Crippen LogP contribution in [0.4, 0.5) is 4.39 Å². The fourth-order valence-corrected chi connectivity index (χ4v) is 4.38. The molecule has 0 aromatic heterocycles. The molecule has 2 amide bonds. The van der Waals surface area contributed by atoms with Crippen molar-refractivity contribution in [2.24, 2.45) is 0 Å². The van der Waals surface area contributed by atoms with Crippen LogP contribution in [-0.4, -0.2) is 59.7 Å². The number of aryl methyl sites for hydroxylation is 1. The molecule has 2 aromatic carbocycles. The van der Waals surface area contributed by atoms with E-state index in [4.69, 9.17) is 0 Å². The van der Waals surface area contributed by atoms with Crippen molar-refractivity contribution in [1.29, 1.82) is 0 Å². The van der Waals surface area contributed by atoms with E-state index in [2.05, 4.69) is 11.9 Å². The molecule has 4 rings (SSSR count). The van der Waals surface area contributed by atoms with Gasteiger partial charge in [-0.15, -0.1) is 0 Å². The second-order valence-electron chi connectivity index (χ2n) is 8.52. The molecule has 0 radical (unpaired) electrons. The first-order chi connectivity index (χ1) is 14.9. The first kappa shape index (κ1) is 21.2. The van der Waals surface area contributed by atoms with Crippen LogP contribution in [0.25, 0.3) is 5.57 Å². The van der Waals surface area contributed by atoms with Gasteiger partial charge in [-0.1, -0.05) is 48.0 Å². The SMILES string of the molecule is Cc1ccc(C2=C(N(C)C3CCN(C)CC3)C(=O)N(Cc3ccccc3F)C2=O)cc1. The lowest BCUT2D eigenvalue weighted by molar-refractivity contribution is -0.138. The number of rotatable bonds is 5. The van der Waals surface area contributed by atoms with E-state index in [0.29, 0.717) is 16.8 Å². The highest BCUT2D eigenvalue weighted by Crippen LogP contribution is 2.34. The van der Waals surface area contributed by atoms with Crippen LogP contribution in [0.1, 0.15) is 29.5 Å². The van der Waals surface area contributed by atoms with Crippen LogP contribution >= 0.6 is 0 Å². The summed E-state index contributed by atoms with van der Waals surface area (Å²) in [5.41, 5.74) is 2.95. The van der Waals surface area contributed by atoms with Crippen LogP contribution in [-0.2, 0) is 16.1 Å². The second-order valence-corrected chi connectivity index (χ2v) is 8.52. The largest absolute Gasteiger partial charge is 0.366 e. The number of amides is 2. The standard InChI is InChI=1S/C25H28FN3O2/c1-17-8-10-18(11-9-17)22-23(28(3)20-12-14-27(2)15-13-20)25(31)29(24(22)30)16-19-6-4-5-7-21(19)26/h4-11,20H,12-16H2,1-3H3. The number of nitrogens with zero attached hydrogens (tertiary/aromatic N) is 3. The van der Waals surface area contributed by atoms with E-state index in [1.165, 1.54) is 11.0 Å². The Morgan fingerprint density at radius 3 is 2.29 bits per heavy atom. The molecule has 2 aromatic rings. The van der Waals surface area contributed by atoms with Gasteiger partial charge in [-0.05, 0) is 51.5 Å². The van der Waals surface area contributed by atoms with Crippen molar-refractivity contribution >= 4 is 17.4 Å². The summed E-state index contributed by atoms with van der Waals surface area (Å²) >= 11 is 0. The van der Waals surface area contributed by atoms with Gasteiger partial charge < -0.3 is 9.80 Å². The molecule has 0 aliphatic carbocycles. The van der Waals surface area contributed by atoms with Crippen molar-refractivity contribution in [2.45, 2.75) is 32.4 Å². The van der Waals surface area contributed by atoms with Crippen LogP contribution in [0.15, 0.2) is 54.2 Å². The van der Waals surface area contributed by atoms with E-state index >= 15 is 0 Å². The second kappa shape index (κ2) is 8.63. The molecule has 162 valence electrons. The van der Waals surface area contributed by atoms with Gasteiger partial charge in [0.15, 0.2) is 0 Å². The van der Waals surface area contributed by atoms with E-state index in [0.717, 1.165) is 37.1 Å². The van der Waals surface area contributed by atoms with Crippen molar-refractivity contribution in [3.63, 3.8) is 0 Å². The highest BCUT2D eigenvalue weighted by Gasteiger charge is 2.42. The van der Waals surface area contributed by atoms with Gasteiger partial charge in [-0.25, -0.2) is 4.39 Å². The Morgan fingerprint density at radius 1 is 1.00 bits per heavy atom. The molecule has 5 nitrogen and oxygen atoms in total. The lowest BCUT2D eigenvalue weighted by Gasteiger charge is -2.36. The quantitative estimate of drug-likeness (QED) is 0.694. The third-order valence-electron chi connectivity index (χ3n) is 6.36. The Kier molecular flexibility index (Phi) is 5.92. The Hall–Kier alpha value is -2.99. The number of carbonyl (C=O) groups is 2. The number of halogens is 1. The van der Waals surface area contributed by atoms with Crippen LogP contribution < -0.4 is 0 Å². The molecule has 6 heteroatoms. The van der Waals surface area contributed by atoms with Crippen LogP contribution in [0.5, 0.6) is 0 Å². The topological polar surface area (TPSA) is 43.9 Å². The number of hydrogen-bond donors (Lipinski definition) is 0. The Labute approximate surface area is 182 Å². The summed E-state index contributed by atoms with van der Waals surface area (Å²) in [4.78, 5) is 32.4. The maximum atomic E-state index is 14.3. The van der Waals surface area contributed by atoms with Gasteiger partial charge in [0.1, 0.15) is 11.5 Å². The minimum atomic E-state index is -0.419. The number of benzene rings is 2. The van der Waals surface area contributed by atoms with Gasteiger partial charge >= 0.3 is 0 Å². The van der Waals surface area contributed by atoms with Crippen molar-refractivity contribution in [2.75, 3.05) is 27.2 Å². The average molecular weight is 422 g/mol. The van der Waals surface area contributed by atoms with Crippen molar-refractivity contribution in [1.82, 2.24) is 14.7 Å². The molecule has 2 aliphatic rings. The van der Waals surface area contributed by atoms with Crippen LogP contribution in [0.3, 0.4) is 0 Å². The summed E-state index contributed by atoms with van der Waals surface area (Å²) in [6, 6.07) is 14.1. The summed E-state index contributed by atoms with van der Waals surface area (Å²) in [7, 11) is 3.99. The van der Waals surface area contributed by atoms with Crippen LogP contribution in [0, 0.1) is 12.7 Å². The Balaban J connectivity index is 1.72. The molecule has 0 saturated carbocycles. The van der Waals surface area contributed by atoms with Gasteiger partial charge in [-0.3, -0.25) is 14.5 Å². The van der Waals surface area contributed by atoms with Crippen molar-refractivity contribution in [3.8, 4) is 0 Å². The molecule has 0 unspecified atom stereocenters. The van der Waals surface area contributed by atoms with E-state index in [-0.39, 0.29) is 24.4 Å². The number of piperidine rings is 1. The molecule has 0 atom stereocenters. The summed E-state index contributed by atoms with van der Waals surface area (Å²) in [6.07, 6.45) is 1.85. The summed E-state index contributed by atoms with van der Waals surface area (Å²) < 4.78 is 14.3. The summed E-state index contributed by atoms with van der Waals surface area (Å²) in [5.74, 6) is -1.14. The zero-order valence-corrected chi connectivity index (χ0v) is 18.3. The number of hydrogen-bond acceptors (Lipinski definition) is 4. The predicted molar refractivity (Wildman–Crippen MR) is 118 cm³/mol. The Bertz CT molecular complexity index is 1020. The summed E-state index contributed by atoms with van der Waals surface area (Å²) in [6.45, 7) is 3.80. The van der Waals surface area contributed by atoms with Gasteiger partial charge in [0.05, 0.1) is 12.1 Å². The third-order valence-corrected chi connectivity index (χ3v) is 6.36. The molecule has 2 heterocycles. The number of imide groups is 1. The molecule has 1 saturated heterocycles. The summed E-state index contributed by atoms with van der Waals surface area (Å²) in [5, 5.41) is 0. The Morgan fingerprint density at radius 2 is 1.65 bits per heavy atom. The fourth-order valence-electron chi connectivity index (χ4n) is 4.38. The van der Waals surface area contributed by atoms with Gasteiger partial charge in [0, 0.05) is 18.7 Å². The lowest BCUT2D eigenvalue weighted by atomic mass is 9.99. The van der Waals surface area contributed by atoms with Gasteiger partial charge in [0.25, 0.3) is 11.8 Å². The van der Waals surface area contributed by atoms with Crippen LogP contribution in [0.2, 0.25) is 0 Å². The normalized spacial score (nSPS) is 18.3. The van der Waals surface area contributed by atoms with Crippen molar-refractivity contribution < 1.29 is 14.0 Å². The molecule has 31 heavy (non-hydrogen) atoms. The number of carbonyl (C=O) groups excluding carboxylic acids is 2. The van der Waals surface area contributed by atoms with Crippen molar-refractivity contribution in [3.05, 3.63) is 76.7 Å². The molecule has 1 fully saturated rings. The lowest BCUT2D eigenvalue weighted by Crippen LogP contribution is -2.43. The highest BCUT2D eigenvalue weighted by molar-refractivity contribution is 6.35. The monoisotopic (exact) mass is 421 g/mol. The molecular weight excluding hydrogens is 393 g/mol. The van der Waals surface area contributed by atoms with E-state index in [1.807, 2.05) is 43.1 Å². The van der Waals surface area contributed by atoms with E-state index < -0.39 is 5.82 Å². The maximum absolute atomic E-state index is 14.3. The maximum Gasteiger partial charge on any atom is 0.278 e. The zero-order chi connectivity index (χ0) is 22.1. The van der Waals surface area contributed by atoms with Gasteiger partial charge in [-0.2, -0.15) is 0 Å². The minimum Gasteiger partial charge on any atom is -0.366 e. The first-order valence-corrected chi connectivity index (χ1v) is 10.7. The molecular formula is C25H28FN3O2. The smallest absolute Gasteiger partial charge is 0.278 e. The fraction of sp³-hybridized carbons (Fsp3) is 0.360. The highest BCUT2D eigenvalue weighted by atomic mass is 19.1. The predicted octanol–water partition coefficient (Wildman–Crippen LogP) is 3.44. The molecule has 0 bridgehead atoms. The number of likely N-dealkylation sites (tertiary alicyclic amines) is 1.